The Hall–Kier alpha value is -1.68. The van der Waals surface area contributed by atoms with E-state index in [0.717, 1.165) is 27.8 Å². The molecule has 0 radical (unpaired) electrons. The lowest BCUT2D eigenvalue weighted by Gasteiger charge is -2.08. The Kier molecular flexibility index (Phi) is 4.47. The first-order chi connectivity index (χ1) is 8.77. The minimum Gasteiger partial charge on any atom is -0.492 e. The second kappa shape index (κ2) is 6.31. The molecule has 1 heterocycles. The van der Waals surface area contributed by atoms with Crippen LogP contribution in [0.5, 0.6) is 5.75 Å². The number of nitrogen functional groups attached to an aromatic ring is 1. The third-order valence-electron chi connectivity index (χ3n) is 2.47. The third kappa shape index (κ3) is 3.40. The van der Waals surface area contributed by atoms with Gasteiger partial charge in [0.25, 0.3) is 0 Å². The van der Waals surface area contributed by atoms with Gasteiger partial charge in [-0.15, -0.1) is 11.8 Å². The minimum absolute atomic E-state index is 0.644. The van der Waals surface area contributed by atoms with E-state index >= 15 is 0 Å². The fraction of sp³-hybridized carbons (Fsp3) is 0.214. The number of aryl methyl sites for hydroxylation is 1. The molecule has 0 unspecified atom stereocenters. The van der Waals surface area contributed by atoms with Gasteiger partial charge in [0.15, 0.2) is 0 Å². The van der Waals surface area contributed by atoms with Crippen molar-refractivity contribution in [3.8, 4) is 5.75 Å². The molecular formula is C14H16N2OS. The van der Waals surface area contributed by atoms with Gasteiger partial charge in [-0.1, -0.05) is 18.2 Å². The highest BCUT2D eigenvalue weighted by molar-refractivity contribution is 7.99. The van der Waals surface area contributed by atoms with Crippen LogP contribution in [0.2, 0.25) is 0 Å². The summed E-state index contributed by atoms with van der Waals surface area (Å²) in [4.78, 5) is 4.22. The van der Waals surface area contributed by atoms with Gasteiger partial charge in [0.1, 0.15) is 10.8 Å². The van der Waals surface area contributed by atoms with E-state index in [1.807, 2.05) is 43.3 Å². The number of hydrogen-bond donors (Lipinski definition) is 1. The lowest BCUT2D eigenvalue weighted by atomic mass is 10.2. The van der Waals surface area contributed by atoms with Gasteiger partial charge in [0, 0.05) is 11.9 Å². The van der Waals surface area contributed by atoms with Crippen molar-refractivity contribution in [3.63, 3.8) is 0 Å². The molecule has 2 aromatic rings. The highest BCUT2D eigenvalue weighted by Gasteiger charge is 2.01. The van der Waals surface area contributed by atoms with Gasteiger partial charge in [-0.25, -0.2) is 4.98 Å². The van der Waals surface area contributed by atoms with Crippen molar-refractivity contribution in [1.29, 1.82) is 0 Å². The zero-order chi connectivity index (χ0) is 12.8. The molecule has 0 fully saturated rings. The van der Waals surface area contributed by atoms with Crippen LogP contribution in [0.4, 0.5) is 5.69 Å². The molecular weight excluding hydrogens is 244 g/mol. The topological polar surface area (TPSA) is 48.1 Å². The summed E-state index contributed by atoms with van der Waals surface area (Å²) in [6.07, 6.45) is 1.75. The fourth-order valence-corrected chi connectivity index (χ4v) is 2.26. The second-order valence-electron chi connectivity index (χ2n) is 3.86. The molecule has 2 rings (SSSR count). The van der Waals surface area contributed by atoms with Gasteiger partial charge in [-0.2, -0.15) is 0 Å². The molecule has 94 valence electrons. The van der Waals surface area contributed by atoms with Crippen LogP contribution in [0.25, 0.3) is 0 Å². The van der Waals surface area contributed by atoms with Crippen LogP contribution in [0.15, 0.2) is 47.6 Å². The molecule has 1 aromatic heterocycles. The Labute approximate surface area is 111 Å². The van der Waals surface area contributed by atoms with Gasteiger partial charge in [-0.3, -0.25) is 0 Å². The molecule has 1 aromatic carbocycles. The molecule has 2 N–H and O–H groups in total. The Balaban J connectivity index is 1.80. The number of nitrogens with zero attached hydrogens (tertiary/aromatic N) is 1. The average Bonchev–Trinajstić information content (AvgIpc) is 2.38. The van der Waals surface area contributed by atoms with Crippen LogP contribution in [-0.2, 0) is 0 Å². The van der Waals surface area contributed by atoms with Crippen molar-refractivity contribution < 1.29 is 4.74 Å². The molecule has 0 bridgehead atoms. The number of hydrogen-bond acceptors (Lipinski definition) is 4. The molecule has 0 saturated heterocycles. The summed E-state index contributed by atoms with van der Waals surface area (Å²) in [6.45, 7) is 2.69. The molecule has 4 heteroatoms. The van der Waals surface area contributed by atoms with E-state index < -0.39 is 0 Å². The van der Waals surface area contributed by atoms with Crippen molar-refractivity contribution in [1.82, 2.24) is 4.98 Å². The van der Waals surface area contributed by atoms with E-state index in [1.54, 1.807) is 18.0 Å². The van der Waals surface area contributed by atoms with Gasteiger partial charge < -0.3 is 10.5 Å². The number of thioether (sulfide) groups is 1. The zero-order valence-electron chi connectivity index (χ0n) is 10.3. The maximum atomic E-state index is 5.81. The van der Waals surface area contributed by atoms with Crippen LogP contribution in [0.3, 0.4) is 0 Å². The van der Waals surface area contributed by atoms with Gasteiger partial charge in [0.2, 0.25) is 0 Å². The number of benzene rings is 1. The molecule has 0 atom stereocenters. The maximum absolute atomic E-state index is 5.81. The summed E-state index contributed by atoms with van der Waals surface area (Å²) < 4.78 is 5.71. The summed E-state index contributed by atoms with van der Waals surface area (Å²) in [7, 11) is 0. The van der Waals surface area contributed by atoms with Gasteiger partial charge >= 0.3 is 0 Å². The molecule has 0 spiro atoms. The van der Waals surface area contributed by atoms with E-state index in [9.17, 15) is 0 Å². The summed E-state index contributed by atoms with van der Waals surface area (Å²) in [5.41, 5.74) is 7.69. The third-order valence-corrected chi connectivity index (χ3v) is 3.46. The molecule has 3 nitrogen and oxygen atoms in total. The van der Waals surface area contributed by atoms with Crippen LogP contribution >= 0.6 is 11.8 Å². The molecule has 0 amide bonds. The summed E-state index contributed by atoms with van der Waals surface area (Å²) in [5, 5.41) is 0.867. The highest BCUT2D eigenvalue weighted by Crippen LogP contribution is 2.22. The molecule has 0 aliphatic heterocycles. The van der Waals surface area contributed by atoms with Crippen molar-refractivity contribution in [2.24, 2.45) is 0 Å². The molecule has 0 saturated carbocycles. The van der Waals surface area contributed by atoms with Gasteiger partial charge in [-0.05, 0) is 30.7 Å². The number of anilines is 1. The number of nitrogens with two attached hydrogens (primary N) is 1. The number of ether oxygens (including phenoxy) is 1. The summed E-state index contributed by atoms with van der Waals surface area (Å²) >= 11 is 1.61. The monoisotopic (exact) mass is 260 g/mol. The largest absolute Gasteiger partial charge is 0.492 e. The lowest BCUT2D eigenvalue weighted by molar-refractivity contribution is 0.341. The predicted molar refractivity (Wildman–Crippen MR) is 76.0 cm³/mol. The minimum atomic E-state index is 0.644. The van der Waals surface area contributed by atoms with Crippen LogP contribution in [-0.4, -0.2) is 17.3 Å². The molecule has 18 heavy (non-hydrogen) atoms. The van der Waals surface area contributed by atoms with Crippen LogP contribution < -0.4 is 10.5 Å². The first-order valence-electron chi connectivity index (χ1n) is 5.79. The first kappa shape index (κ1) is 12.8. The van der Waals surface area contributed by atoms with E-state index in [4.69, 9.17) is 10.5 Å². The standard InChI is InChI=1S/C14H16N2OS/c1-11-5-2-3-7-13(11)17-9-10-18-14-12(15)6-4-8-16-14/h2-8H,9-10,15H2,1H3. The number of para-hydroxylation sites is 1. The zero-order valence-corrected chi connectivity index (χ0v) is 11.1. The van der Waals surface area contributed by atoms with E-state index in [1.165, 1.54) is 0 Å². The van der Waals surface area contributed by atoms with E-state index in [-0.39, 0.29) is 0 Å². The average molecular weight is 260 g/mol. The fourth-order valence-electron chi connectivity index (χ4n) is 1.53. The van der Waals surface area contributed by atoms with Crippen molar-refractivity contribution in [2.75, 3.05) is 18.1 Å². The predicted octanol–water partition coefficient (Wildman–Crippen LogP) is 3.14. The summed E-state index contributed by atoms with van der Waals surface area (Å²) in [6, 6.07) is 11.7. The van der Waals surface area contributed by atoms with Crippen molar-refractivity contribution in [3.05, 3.63) is 48.2 Å². The number of rotatable bonds is 5. The SMILES string of the molecule is Cc1ccccc1OCCSc1ncccc1N. The second-order valence-corrected chi connectivity index (χ2v) is 4.94. The quantitative estimate of drug-likeness (QED) is 0.662. The Morgan fingerprint density at radius 1 is 1.22 bits per heavy atom. The number of aromatic nitrogens is 1. The normalized spacial score (nSPS) is 10.3. The van der Waals surface area contributed by atoms with Crippen LogP contribution in [0, 0.1) is 6.92 Å². The number of pyridine rings is 1. The van der Waals surface area contributed by atoms with Gasteiger partial charge in [0.05, 0.1) is 12.3 Å². The summed E-state index contributed by atoms with van der Waals surface area (Å²) in [5.74, 6) is 1.77. The highest BCUT2D eigenvalue weighted by atomic mass is 32.2. The van der Waals surface area contributed by atoms with Crippen molar-refractivity contribution >= 4 is 17.4 Å². The Morgan fingerprint density at radius 3 is 2.83 bits per heavy atom. The Morgan fingerprint density at radius 2 is 2.06 bits per heavy atom. The van der Waals surface area contributed by atoms with Crippen molar-refractivity contribution in [2.45, 2.75) is 11.9 Å². The van der Waals surface area contributed by atoms with Crippen LogP contribution in [0.1, 0.15) is 5.56 Å². The smallest absolute Gasteiger partial charge is 0.122 e. The molecule has 0 aliphatic rings. The first-order valence-corrected chi connectivity index (χ1v) is 6.77. The molecule has 0 aliphatic carbocycles. The lowest BCUT2D eigenvalue weighted by Crippen LogP contribution is -2.02. The maximum Gasteiger partial charge on any atom is 0.122 e. The van der Waals surface area contributed by atoms with E-state index in [0.29, 0.717) is 6.61 Å². The Bertz CT molecular complexity index is 469. The van der Waals surface area contributed by atoms with E-state index in [2.05, 4.69) is 4.98 Å².